The third kappa shape index (κ3) is 4.72. The van der Waals surface area contributed by atoms with Crippen molar-refractivity contribution in [2.75, 3.05) is 19.7 Å². The highest BCUT2D eigenvalue weighted by molar-refractivity contribution is 7.89. The smallest absolute Gasteiger partial charge is 0.251 e. The molecule has 1 atom stereocenters. The molecule has 3 rings (SSSR count). The molecule has 1 saturated heterocycles. The number of nitrogens with zero attached hydrogens (tertiary/aromatic N) is 1. The summed E-state index contributed by atoms with van der Waals surface area (Å²) in [5.74, 6) is 0.460. The number of amides is 1. The van der Waals surface area contributed by atoms with Gasteiger partial charge in [-0.2, -0.15) is 4.31 Å². The van der Waals surface area contributed by atoms with E-state index in [9.17, 15) is 13.2 Å². The topological polar surface area (TPSA) is 75.7 Å². The number of benzene rings is 2. The molecule has 0 aromatic heterocycles. The number of ether oxygens (including phenoxy) is 1. The Hall–Kier alpha value is -2.38. The average Bonchev–Trinajstić information content (AvgIpc) is 3.23. The molecule has 0 saturated carbocycles. The van der Waals surface area contributed by atoms with Gasteiger partial charge in [-0.3, -0.25) is 4.79 Å². The molecule has 0 unspecified atom stereocenters. The fourth-order valence-corrected chi connectivity index (χ4v) is 4.72. The molecule has 2 aromatic rings. The van der Waals surface area contributed by atoms with Gasteiger partial charge in [0.05, 0.1) is 10.9 Å². The van der Waals surface area contributed by atoms with E-state index in [2.05, 4.69) is 5.32 Å². The first-order valence-corrected chi connectivity index (χ1v) is 10.9. The summed E-state index contributed by atoms with van der Waals surface area (Å²) in [6.45, 7) is 5.20. The maximum atomic E-state index is 12.7. The van der Waals surface area contributed by atoms with Gasteiger partial charge in [-0.25, -0.2) is 8.42 Å². The molecule has 1 aliphatic rings. The Morgan fingerprint density at radius 1 is 1.14 bits per heavy atom. The van der Waals surface area contributed by atoms with Crippen LogP contribution in [0.4, 0.5) is 0 Å². The first-order valence-electron chi connectivity index (χ1n) is 9.47. The SMILES string of the molecule is Cc1ccccc1OC[C@H](C)NC(=O)c1cccc(S(=O)(=O)N2CCCC2)c1. The minimum atomic E-state index is -3.55. The van der Waals surface area contributed by atoms with Gasteiger partial charge in [-0.1, -0.05) is 24.3 Å². The highest BCUT2D eigenvalue weighted by atomic mass is 32.2. The lowest BCUT2D eigenvalue weighted by atomic mass is 10.2. The molecule has 0 spiro atoms. The zero-order chi connectivity index (χ0) is 20.1. The van der Waals surface area contributed by atoms with Gasteiger partial charge in [-0.15, -0.1) is 0 Å². The van der Waals surface area contributed by atoms with E-state index < -0.39 is 10.0 Å². The minimum Gasteiger partial charge on any atom is -0.491 e. The number of carbonyl (C=O) groups is 1. The van der Waals surface area contributed by atoms with Gasteiger partial charge in [0.1, 0.15) is 12.4 Å². The highest BCUT2D eigenvalue weighted by Gasteiger charge is 2.27. The van der Waals surface area contributed by atoms with Crippen LogP contribution < -0.4 is 10.1 Å². The van der Waals surface area contributed by atoms with E-state index in [1.165, 1.54) is 16.4 Å². The summed E-state index contributed by atoms with van der Waals surface area (Å²) in [6, 6.07) is 13.7. The summed E-state index contributed by atoms with van der Waals surface area (Å²) < 4.78 is 32.6. The molecule has 1 fully saturated rings. The molecule has 1 amide bonds. The quantitative estimate of drug-likeness (QED) is 0.773. The Balaban J connectivity index is 1.63. The largest absolute Gasteiger partial charge is 0.491 e. The first kappa shape index (κ1) is 20.4. The van der Waals surface area contributed by atoms with E-state index in [0.29, 0.717) is 25.3 Å². The number of carbonyl (C=O) groups excluding carboxylic acids is 1. The summed E-state index contributed by atoms with van der Waals surface area (Å²) in [5.41, 5.74) is 1.35. The van der Waals surface area contributed by atoms with Crippen molar-refractivity contribution in [3.05, 3.63) is 59.7 Å². The molecule has 1 N–H and O–H groups in total. The van der Waals surface area contributed by atoms with Crippen LogP contribution in [0.15, 0.2) is 53.4 Å². The Bertz CT molecular complexity index is 937. The number of aryl methyl sites for hydroxylation is 1. The van der Waals surface area contributed by atoms with Crippen LogP contribution in [0, 0.1) is 6.92 Å². The fraction of sp³-hybridized carbons (Fsp3) is 0.381. The summed E-state index contributed by atoms with van der Waals surface area (Å²) >= 11 is 0. The Labute approximate surface area is 166 Å². The van der Waals surface area contributed by atoms with Crippen molar-refractivity contribution < 1.29 is 17.9 Å². The molecule has 0 bridgehead atoms. The minimum absolute atomic E-state index is 0.158. The lowest BCUT2D eigenvalue weighted by Crippen LogP contribution is -2.37. The van der Waals surface area contributed by atoms with E-state index in [0.717, 1.165) is 24.2 Å². The van der Waals surface area contributed by atoms with Crippen LogP contribution in [-0.4, -0.2) is 44.4 Å². The van der Waals surface area contributed by atoms with E-state index in [1.54, 1.807) is 12.1 Å². The molecular formula is C21H26N2O4S. The number of hydrogen-bond acceptors (Lipinski definition) is 4. The molecule has 2 aromatic carbocycles. The monoisotopic (exact) mass is 402 g/mol. The van der Waals surface area contributed by atoms with Gasteiger partial charge >= 0.3 is 0 Å². The summed E-state index contributed by atoms with van der Waals surface area (Å²) in [6.07, 6.45) is 1.75. The van der Waals surface area contributed by atoms with E-state index >= 15 is 0 Å². The van der Waals surface area contributed by atoms with Crippen molar-refractivity contribution in [2.45, 2.75) is 37.6 Å². The fourth-order valence-electron chi connectivity index (χ4n) is 3.16. The predicted octanol–water partition coefficient (Wildman–Crippen LogP) is 2.98. The van der Waals surface area contributed by atoms with Crippen molar-refractivity contribution >= 4 is 15.9 Å². The maximum absolute atomic E-state index is 12.7. The Kier molecular flexibility index (Phi) is 6.36. The third-order valence-corrected chi connectivity index (χ3v) is 6.65. The van der Waals surface area contributed by atoms with E-state index in [4.69, 9.17) is 4.74 Å². The van der Waals surface area contributed by atoms with Crippen LogP contribution in [0.3, 0.4) is 0 Å². The molecule has 150 valence electrons. The van der Waals surface area contributed by atoms with Gasteiger partial charge in [0, 0.05) is 18.7 Å². The zero-order valence-electron chi connectivity index (χ0n) is 16.2. The van der Waals surface area contributed by atoms with Crippen LogP contribution in [0.1, 0.15) is 35.7 Å². The molecule has 1 aliphatic heterocycles. The molecule has 1 heterocycles. The van der Waals surface area contributed by atoms with Gasteiger partial charge < -0.3 is 10.1 Å². The average molecular weight is 403 g/mol. The third-order valence-electron chi connectivity index (χ3n) is 4.76. The van der Waals surface area contributed by atoms with Crippen molar-refractivity contribution in [1.29, 1.82) is 0 Å². The van der Waals surface area contributed by atoms with Crippen molar-refractivity contribution in [3.8, 4) is 5.75 Å². The number of nitrogens with one attached hydrogen (secondary N) is 1. The van der Waals surface area contributed by atoms with E-state index in [1.807, 2.05) is 38.1 Å². The van der Waals surface area contributed by atoms with Gasteiger partial charge in [0.25, 0.3) is 5.91 Å². The van der Waals surface area contributed by atoms with Crippen molar-refractivity contribution in [2.24, 2.45) is 0 Å². The second-order valence-electron chi connectivity index (χ2n) is 7.09. The second kappa shape index (κ2) is 8.75. The van der Waals surface area contributed by atoms with Crippen molar-refractivity contribution in [3.63, 3.8) is 0 Å². The maximum Gasteiger partial charge on any atom is 0.251 e. The van der Waals surface area contributed by atoms with Gasteiger partial charge in [0.2, 0.25) is 10.0 Å². The highest BCUT2D eigenvalue weighted by Crippen LogP contribution is 2.21. The zero-order valence-corrected chi connectivity index (χ0v) is 17.0. The van der Waals surface area contributed by atoms with Gasteiger partial charge in [0.15, 0.2) is 0 Å². The normalized spacial score (nSPS) is 15.9. The van der Waals surface area contributed by atoms with Gasteiger partial charge in [-0.05, 0) is 56.5 Å². The number of para-hydroxylation sites is 1. The van der Waals surface area contributed by atoms with Crippen molar-refractivity contribution in [1.82, 2.24) is 9.62 Å². The van der Waals surface area contributed by atoms with Crippen LogP contribution in [0.5, 0.6) is 5.75 Å². The second-order valence-corrected chi connectivity index (χ2v) is 9.03. The summed E-state index contributed by atoms with van der Waals surface area (Å²) in [5, 5.41) is 2.86. The van der Waals surface area contributed by atoms with Crippen LogP contribution in [0.25, 0.3) is 0 Å². The van der Waals surface area contributed by atoms with Crippen LogP contribution >= 0.6 is 0 Å². The molecular weight excluding hydrogens is 376 g/mol. The molecule has 0 aliphatic carbocycles. The Morgan fingerprint density at radius 2 is 1.86 bits per heavy atom. The molecule has 7 heteroatoms. The van der Waals surface area contributed by atoms with E-state index in [-0.39, 0.29) is 16.8 Å². The predicted molar refractivity (Wildman–Crippen MR) is 108 cm³/mol. The molecule has 0 radical (unpaired) electrons. The number of hydrogen-bond donors (Lipinski definition) is 1. The lowest BCUT2D eigenvalue weighted by Gasteiger charge is -2.17. The first-order chi connectivity index (χ1) is 13.4. The molecule has 28 heavy (non-hydrogen) atoms. The lowest BCUT2D eigenvalue weighted by molar-refractivity contribution is 0.0926. The summed E-state index contributed by atoms with van der Waals surface area (Å²) in [7, 11) is -3.55. The van der Waals surface area contributed by atoms with Crippen LogP contribution in [0.2, 0.25) is 0 Å². The standard InChI is InChI=1S/C21H26N2O4S/c1-16-8-3-4-11-20(16)27-15-17(2)22-21(24)18-9-7-10-19(14-18)28(25,26)23-12-5-6-13-23/h3-4,7-11,14,17H,5-6,12-13,15H2,1-2H3,(H,22,24)/t17-/m0/s1. The van der Waals surface area contributed by atoms with Crippen LogP contribution in [-0.2, 0) is 10.0 Å². The summed E-state index contributed by atoms with van der Waals surface area (Å²) in [4.78, 5) is 12.7. The number of sulfonamides is 1. The molecule has 6 nitrogen and oxygen atoms in total. The number of rotatable bonds is 7. The Morgan fingerprint density at radius 3 is 2.57 bits per heavy atom.